The van der Waals surface area contributed by atoms with Gasteiger partial charge in [-0.3, -0.25) is 4.79 Å². The Labute approximate surface area is 222 Å². The third kappa shape index (κ3) is 5.66. The fourth-order valence-corrected chi connectivity index (χ4v) is 4.85. The number of aromatic hydroxyl groups is 2. The summed E-state index contributed by atoms with van der Waals surface area (Å²) in [6.07, 6.45) is -11.6. The SMILES string of the molecule is O=C1CC(c2ccc(O)cc2)Oc2cc(OC3OC(CO)C(O)C(O)C3OC3OCC(O)CC3O)cc(O)c21. The molecule has 2 fully saturated rings. The number of aliphatic hydroxyl groups is 5. The van der Waals surface area contributed by atoms with Crippen LogP contribution in [0.15, 0.2) is 36.4 Å². The number of benzene rings is 2. The Kier molecular flexibility index (Phi) is 7.94. The molecule has 2 saturated heterocycles. The Hall–Kier alpha value is -3.01. The maximum absolute atomic E-state index is 12.8. The van der Waals surface area contributed by atoms with Crippen LogP contribution in [0.3, 0.4) is 0 Å². The molecule has 0 amide bonds. The van der Waals surface area contributed by atoms with Crippen LogP contribution in [0.4, 0.5) is 0 Å². The molecule has 0 aliphatic carbocycles. The van der Waals surface area contributed by atoms with Crippen LogP contribution in [-0.4, -0.2) is 104 Å². The summed E-state index contributed by atoms with van der Waals surface area (Å²) in [6.45, 7) is -0.800. The highest BCUT2D eigenvalue weighted by Gasteiger charge is 2.49. The first-order valence-corrected chi connectivity index (χ1v) is 12.4. The third-order valence-electron chi connectivity index (χ3n) is 6.89. The molecule has 7 N–H and O–H groups in total. The second kappa shape index (κ2) is 11.2. The van der Waals surface area contributed by atoms with E-state index in [-0.39, 0.29) is 48.0 Å². The van der Waals surface area contributed by atoms with Gasteiger partial charge in [0.05, 0.1) is 25.7 Å². The zero-order chi connectivity index (χ0) is 27.8. The quantitative estimate of drug-likeness (QED) is 0.242. The van der Waals surface area contributed by atoms with E-state index < -0.39 is 67.7 Å². The first-order valence-electron chi connectivity index (χ1n) is 12.4. The number of ether oxygens (including phenoxy) is 5. The van der Waals surface area contributed by atoms with Crippen molar-refractivity contribution >= 4 is 5.78 Å². The minimum absolute atomic E-state index is 0.0203. The van der Waals surface area contributed by atoms with Crippen LogP contribution >= 0.6 is 0 Å². The summed E-state index contributed by atoms with van der Waals surface area (Å²) in [5.74, 6) is -0.784. The number of rotatable bonds is 6. The Balaban J connectivity index is 1.40. The van der Waals surface area contributed by atoms with E-state index in [2.05, 4.69) is 0 Å². The number of carbonyl (C=O) groups excluding carboxylic acids is 1. The summed E-state index contributed by atoms with van der Waals surface area (Å²) in [5.41, 5.74) is 0.580. The van der Waals surface area contributed by atoms with Gasteiger partial charge in [-0.15, -0.1) is 0 Å². The molecule has 0 bridgehead atoms. The average molecular weight is 551 g/mol. The van der Waals surface area contributed by atoms with Crippen molar-refractivity contribution in [1.82, 2.24) is 0 Å². The highest BCUT2D eigenvalue weighted by atomic mass is 16.7. The molecule has 0 radical (unpaired) electrons. The molecule has 3 heterocycles. The van der Waals surface area contributed by atoms with Gasteiger partial charge in [0.15, 0.2) is 18.2 Å². The molecule has 13 nitrogen and oxygen atoms in total. The standard InChI is InChI=1S/C26H30O13/c27-9-20-22(33)23(34)24(39-25-17(32)5-13(29)10-35-25)26(38-20)36-14-6-15(30)21-16(31)8-18(37-19(21)7-14)11-1-3-12(28)4-2-11/h1-4,6-7,13,17-18,20,22-30,32-34H,5,8-10H2. The van der Waals surface area contributed by atoms with Crippen molar-refractivity contribution in [2.75, 3.05) is 13.2 Å². The van der Waals surface area contributed by atoms with E-state index >= 15 is 0 Å². The zero-order valence-corrected chi connectivity index (χ0v) is 20.6. The van der Waals surface area contributed by atoms with Crippen LogP contribution in [0.25, 0.3) is 0 Å². The van der Waals surface area contributed by atoms with E-state index in [1.54, 1.807) is 12.1 Å². The molecule has 2 aromatic carbocycles. The van der Waals surface area contributed by atoms with Gasteiger partial charge in [-0.1, -0.05) is 12.1 Å². The molecule has 9 unspecified atom stereocenters. The maximum Gasteiger partial charge on any atom is 0.229 e. The summed E-state index contributed by atoms with van der Waals surface area (Å²) in [5, 5.41) is 70.9. The molecular weight excluding hydrogens is 520 g/mol. The van der Waals surface area contributed by atoms with Crippen molar-refractivity contribution in [2.24, 2.45) is 0 Å². The molecule has 0 aromatic heterocycles. The minimum Gasteiger partial charge on any atom is -0.508 e. The number of hydrogen-bond donors (Lipinski definition) is 7. The van der Waals surface area contributed by atoms with Crippen LogP contribution in [0.1, 0.15) is 34.9 Å². The number of hydrogen-bond acceptors (Lipinski definition) is 13. The number of aliphatic hydroxyl groups excluding tert-OH is 5. The molecule has 212 valence electrons. The van der Waals surface area contributed by atoms with Crippen LogP contribution < -0.4 is 9.47 Å². The maximum atomic E-state index is 12.8. The van der Waals surface area contributed by atoms with E-state index in [0.717, 1.165) is 6.07 Å². The Morgan fingerprint density at radius 2 is 1.72 bits per heavy atom. The van der Waals surface area contributed by atoms with Crippen molar-refractivity contribution in [3.63, 3.8) is 0 Å². The van der Waals surface area contributed by atoms with Crippen LogP contribution in [0, 0.1) is 0 Å². The van der Waals surface area contributed by atoms with E-state index in [0.29, 0.717) is 5.56 Å². The van der Waals surface area contributed by atoms with Crippen molar-refractivity contribution < 1.29 is 64.2 Å². The highest BCUT2D eigenvalue weighted by Crippen LogP contribution is 2.43. The van der Waals surface area contributed by atoms with Gasteiger partial charge in [-0.05, 0) is 17.7 Å². The molecule has 3 aliphatic heterocycles. The number of phenolic OH excluding ortho intramolecular Hbond substituents is 2. The number of phenols is 2. The summed E-state index contributed by atoms with van der Waals surface area (Å²) < 4.78 is 28.5. The van der Waals surface area contributed by atoms with Gasteiger partial charge in [0.2, 0.25) is 6.29 Å². The Bertz CT molecular complexity index is 1170. The lowest BCUT2D eigenvalue weighted by Crippen LogP contribution is -2.62. The van der Waals surface area contributed by atoms with Crippen molar-refractivity contribution in [3.8, 4) is 23.0 Å². The van der Waals surface area contributed by atoms with Gasteiger partial charge >= 0.3 is 0 Å². The largest absolute Gasteiger partial charge is 0.508 e. The first-order chi connectivity index (χ1) is 18.6. The molecule has 3 aliphatic rings. The fourth-order valence-electron chi connectivity index (χ4n) is 4.85. The lowest BCUT2D eigenvalue weighted by atomic mass is 9.95. The average Bonchev–Trinajstić information content (AvgIpc) is 2.89. The summed E-state index contributed by atoms with van der Waals surface area (Å²) in [6, 6.07) is 8.63. The van der Waals surface area contributed by atoms with Gasteiger partial charge in [-0.25, -0.2) is 0 Å². The Morgan fingerprint density at radius 1 is 0.974 bits per heavy atom. The molecule has 0 saturated carbocycles. The van der Waals surface area contributed by atoms with Gasteiger partial charge in [0, 0.05) is 18.6 Å². The van der Waals surface area contributed by atoms with Crippen LogP contribution in [0.5, 0.6) is 23.0 Å². The predicted octanol–water partition coefficient (Wildman–Crippen LogP) is -0.525. The van der Waals surface area contributed by atoms with Crippen LogP contribution in [0.2, 0.25) is 0 Å². The summed E-state index contributed by atoms with van der Waals surface area (Å²) in [4.78, 5) is 12.8. The zero-order valence-electron chi connectivity index (χ0n) is 20.6. The minimum atomic E-state index is -1.65. The van der Waals surface area contributed by atoms with Crippen LogP contribution in [-0.2, 0) is 14.2 Å². The smallest absolute Gasteiger partial charge is 0.229 e. The molecule has 5 rings (SSSR count). The van der Waals surface area contributed by atoms with E-state index in [4.69, 9.17) is 23.7 Å². The number of ketones is 1. The molecule has 13 heteroatoms. The second-order valence-electron chi connectivity index (χ2n) is 9.72. The monoisotopic (exact) mass is 550 g/mol. The molecule has 0 spiro atoms. The topological polar surface area (TPSA) is 205 Å². The lowest BCUT2D eigenvalue weighted by Gasteiger charge is -2.44. The van der Waals surface area contributed by atoms with E-state index in [9.17, 15) is 40.5 Å². The van der Waals surface area contributed by atoms with Gasteiger partial charge in [-0.2, -0.15) is 0 Å². The van der Waals surface area contributed by atoms with Crippen molar-refractivity contribution in [3.05, 3.63) is 47.5 Å². The van der Waals surface area contributed by atoms with E-state index in [1.807, 2.05) is 0 Å². The molecule has 2 aromatic rings. The van der Waals surface area contributed by atoms with Gasteiger partial charge in [0.1, 0.15) is 59.1 Å². The number of fused-ring (bicyclic) bond motifs is 1. The predicted molar refractivity (Wildman–Crippen MR) is 128 cm³/mol. The van der Waals surface area contributed by atoms with Gasteiger partial charge < -0.3 is 59.4 Å². The highest BCUT2D eigenvalue weighted by molar-refractivity contribution is 6.02. The summed E-state index contributed by atoms with van der Waals surface area (Å²) >= 11 is 0. The fraction of sp³-hybridized carbons (Fsp3) is 0.500. The van der Waals surface area contributed by atoms with Crippen molar-refractivity contribution in [1.29, 1.82) is 0 Å². The molecular formula is C26H30O13. The Morgan fingerprint density at radius 3 is 2.41 bits per heavy atom. The first kappa shape index (κ1) is 27.6. The van der Waals surface area contributed by atoms with Gasteiger partial charge in [0.25, 0.3) is 0 Å². The lowest BCUT2D eigenvalue weighted by molar-refractivity contribution is -0.335. The number of carbonyl (C=O) groups is 1. The normalized spacial score (nSPS) is 34.7. The van der Waals surface area contributed by atoms with E-state index in [1.165, 1.54) is 18.2 Å². The number of Topliss-reactive ketones (excluding diaryl/α,β-unsaturated/α-hetero) is 1. The second-order valence-corrected chi connectivity index (χ2v) is 9.72. The third-order valence-corrected chi connectivity index (χ3v) is 6.89. The summed E-state index contributed by atoms with van der Waals surface area (Å²) in [7, 11) is 0. The molecule has 39 heavy (non-hydrogen) atoms. The van der Waals surface area contributed by atoms with Crippen molar-refractivity contribution in [2.45, 2.75) is 68.1 Å². The molecule has 9 atom stereocenters.